The SMILES string of the molecule is CC12OC3(CCO[C@H]4[C@@H]3[C@@H]1C(=O)N4c1ccc(Cl)c(C(F)(F)F)c1)C[C@@H]2N. The quantitative estimate of drug-likeness (QED) is 0.784. The van der Waals surface area contributed by atoms with Gasteiger partial charge in [0.2, 0.25) is 5.91 Å². The van der Waals surface area contributed by atoms with Gasteiger partial charge in [-0.05, 0) is 31.5 Å². The Morgan fingerprint density at radius 2 is 2.11 bits per heavy atom. The normalized spacial score (nSPS) is 42.7. The largest absolute Gasteiger partial charge is 0.417 e. The number of nitrogens with two attached hydrogens (primary N) is 1. The molecule has 1 aromatic rings. The van der Waals surface area contributed by atoms with Crippen LogP contribution in [-0.2, 0) is 20.4 Å². The lowest BCUT2D eigenvalue weighted by molar-refractivity contribution is -0.140. The molecule has 4 heterocycles. The lowest BCUT2D eigenvalue weighted by atomic mass is 9.64. The second-order valence-corrected chi connectivity index (χ2v) is 8.45. The molecule has 5 nitrogen and oxygen atoms in total. The zero-order chi connectivity index (χ0) is 19.4. The van der Waals surface area contributed by atoms with Gasteiger partial charge in [-0.3, -0.25) is 9.69 Å². The Labute approximate surface area is 158 Å². The molecule has 5 rings (SSSR count). The van der Waals surface area contributed by atoms with Crippen molar-refractivity contribution in [1.82, 2.24) is 0 Å². The summed E-state index contributed by atoms with van der Waals surface area (Å²) in [6, 6.07) is 3.21. The maximum atomic E-state index is 13.3. The van der Waals surface area contributed by atoms with Gasteiger partial charge in [0.05, 0.1) is 34.3 Å². The molecule has 146 valence electrons. The van der Waals surface area contributed by atoms with Crippen LogP contribution in [0.15, 0.2) is 18.2 Å². The second kappa shape index (κ2) is 5.17. The van der Waals surface area contributed by atoms with E-state index in [1.807, 2.05) is 6.92 Å². The van der Waals surface area contributed by atoms with Crippen LogP contribution in [0.4, 0.5) is 18.9 Å². The molecule has 2 bridgehead atoms. The van der Waals surface area contributed by atoms with Crippen molar-refractivity contribution < 1.29 is 27.4 Å². The van der Waals surface area contributed by atoms with Crippen molar-refractivity contribution in [2.75, 3.05) is 11.5 Å². The first-order valence-electron chi connectivity index (χ1n) is 8.86. The number of anilines is 1. The highest BCUT2D eigenvalue weighted by molar-refractivity contribution is 6.31. The number of amides is 1. The maximum absolute atomic E-state index is 13.3. The van der Waals surface area contributed by atoms with E-state index in [0.29, 0.717) is 19.4 Å². The highest BCUT2D eigenvalue weighted by Gasteiger charge is 2.77. The van der Waals surface area contributed by atoms with Gasteiger partial charge in [0.15, 0.2) is 0 Å². The van der Waals surface area contributed by atoms with Crippen molar-refractivity contribution in [1.29, 1.82) is 0 Å². The van der Waals surface area contributed by atoms with Crippen molar-refractivity contribution in [3.8, 4) is 0 Å². The van der Waals surface area contributed by atoms with Gasteiger partial charge >= 0.3 is 6.18 Å². The predicted octanol–water partition coefficient (Wildman–Crippen LogP) is 2.94. The van der Waals surface area contributed by atoms with Crippen molar-refractivity contribution in [3.63, 3.8) is 0 Å². The minimum atomic E-state index is -4.61. The third kappa shape index (κ3) is 2.10. The molecule has 4 fully saturated rings. The van der Waals surface area contributed by atoms with E-state index < -0.39 is 40.1 Å². The topological polar surface area (TPSA) is 64.8 Å². The molecule has 1 aromatic carbocycles. The van der Waals surface area contributed by atoms with Gasteiger partial charge in [0, 0.05) is 24.1 Å². The van der Waals surface area contributed by atoms with Crippen LogP contribution in [0, 0.1) is 11.8 Å². The summed E-state index contributed by atoms with van der Waals surface area (Å²) in [6.45, 7) is 2.19. The summed E-state index contributed by atoms with van der Waals surface area (Å²) in [7, 11) is 0. The Morgan fingerprint density at radius 1 is 1.37 bits per heavy atom. The average molecular weight is 403 g/mol. The smallest absolute Gasteiger partial charge is 0.366 e. The van der Waals surface area contributed by atoms with Crippen molar-refractivity contribution in [2.45, 2.75) is 49.4 Å². The van der Waals surface area contributed by atoms with Crippen LogP contribution in [0.3, 0.4) is 0 Å². The zero-order valence-electron chi connectivity index (χ0n) is 14.4. The van der Waals surface area contributed by atoms with Gasteiger partial charge in [-0.1, -0.05) is 11.6 Å². The lowest BCUT2D eigenvalue weighted by Crippen LogP contribution is -2.55. The molecule has 4 aliphatic heterocycles. The van der Waals surface area contributed by atoms with E-state index in [-0.39, 0.29) is 23.6 Å². The highest BCUT2D eigenvalue weighted by Crippen LogP contribution is 2.64. The van der Waals surface area contributed by atoms with E-state index in [9.17, 15) is 18.0 Å². The lowest BCUT2D eigenvalue weighted by Gasteiger charge is -2.42. The summed E-state index contributed by atoms with van der Waals surface area (Å²) in [4.78, 5) is 14.7. The van der Waals surface area contributed by atoms with Gasteiger partial charge < -0.3 is 15.2 Å². The highest BCUT2D eigenvalue weighted by atomic mass is 35.5. The number of rotatable bonds is 1. The number of carbonyl (C=O) groups is 1. The van der Waals surface area contributed by atoms with Gasteiger partial charge in [0.25, 0.3) is 0 Å². The molecule has 0 aromatic heterocycles. The van der Waals surface area contributed by atoms with Crippen LogP contribution in [0.25, 0.3) is 0 Å². The molecule has 2 N–H and O–H groups in total. The van der Waals surface area contributed by atoms with Crippen molar-refractivity contribution >= 4 is 23.2 Å². The van der Waals surface area contributed by atoms with Gasteiger partial charge in [-0.15, -0.1) is 0 Å². The van der Waals surface area contributed by atoms with Crippen LogP contribution in [-0.4, -0.2) is 36.0 Å². The first-order chi connectivity index (χ1) is 12.6. The van der Waals surface area contributed by atoms with Gasteiger partial charge in [0.1, 0.15) is 6.23 Å². The number of fused-ring (bicyclic) bond motifs is 2. The van der Waals surface area contributed by atoms with E-state index in [1.165, 1.54) is 11.0 Å². The molecule has 0 aliphatic carbocycles. The number of hydrogen-bond donors (Lipinski definition) is 1. The minimum Gasteiger partial charge on any atom is -0.366 e. The molecule has 9 heteroatoms. The van der Waals surface area contributed by atoms with Crippen LogP contribution in [0.1, 0.15) is 25.3 Å². The summed E-state index contributed by atoms with van der Waals surface area (Å²) >= 11 is 5.73. The second-order valence-electron chi connectivity index (χ2n) is 8.05. The number of nitrogens with zero attached hydrogens (tertiary/aromatic N) is 1. The van der Waals surface area contributed by atoms with Crippen LogP contribution in [0.2, 0.25) is 5.02 Å². The number of benzene rings is 1. The minimum absolute atomic E-state index is 0.129. The number of carbonyl (C=O) groups excluding carboxylic acids is 1. The Bertz CT molecular complexity index is 850. The molecule has 27 heavy (non-hydrogen) atoms. The molecule has 1 amide bonds. The summed E-state index contributed by atoms with van der Waals surface area (Å²) in [5.74, 6) is -1.08. The molecular formula is C18H18ClF3N2O3. The van der Waals surface area contributed by atoms with Gasteiger partial charge in [-0.25, -0.2) is 0 Å². The fourth-order valence-corrected chi connectivity index (χ4v) is 5.78. The third-order valence-corrected chi connectivity index (χ3v) is 7.05. The summed E-state index contributed by atoms with van der Waals surface area (Å²) < 4.78 is 52.0. The Hall–Kier alpha value is -1.35. The first kappa shape index (κ1) is 17.7. The van der Waals surface area contributed by atoms with E-state index in [1.54, 1.807) is 0 Å². The molecule has 1 spiro atoms. The van der Waals surface area contributed by atoms with Crippen LogP contribution < -0.4 is 10.6 Å². The summed E-state index contributed by atoms with van der Waals surface area (Å²) in [5, 5.41) is -0.406. The molecule has 6 atom stereocenters. The van der Waals surface area contributed by atoms with Gasteiger partial charge in [-0.2, -0.15) is 13.2 Å². The van der Waals surface area contributed by atoms with Crippen molar-refractivity contribution in [2.24, 2.45) is 17.6 Å². The number of alkyl halides is 3. The Morgan fingerprint density at radius 3 is 2.81 bits per heavy atom. The zero-order valence-corrected chi connectivity index (χ0v) is 15.2. The molecule has 2 unspecified atom stereocenters. The fraction of sp³-hybridized carbons (Fsp3) is 0.611. The Kier molecular flexibility index (Phi) is 3.39. The maximum Gasteiger partial charge on any atom is 0.417 e. The third-order valence-electron chi connectivity index (χ3n) is 6.72. The first-order valence-corrected chi connectivity index (χ1v) is 9.23. The Balaban J connectivity index is 1.62. The number of ether oxygens (including phenoxy) is 2. The fourth-order valence-electron chi connectivity index (χ4n) is 5.55. The molecule has 4 saturated heterocycles. The summed E-state index contributed by atoms with van der Waals surface area (Å²) in [6.07, 6.45) is -4.02. The average Bonchev–Trinajstić information content (AvgIpc) is 3.11. The summed E-state index contributed by atoms with van der Waals surface area (Å²) in [5.41, 5.74) is 4.06. The number of hydrogen-bond acceptors (Lipinski definition) is 4. The molecule has 4 aliphatic rings. The van der Waals surface area contributed by atoms with E-state index in [4.69, 9.17) is 26.8 Å². The van der Waals surface area contributed by atoms with E-state index >= 15 is 0 Å². The number of halogens is 4. The molecular weight excluding hydrogens is 385 g/mol. The molecule has 0 saturated carbocycles. The van der Waals surface area contributed by atoms with Crippen LogP contribution >= 0.6 is 11.6 Å². The van der Waals surface area contributed by atoms with Crippen molar-refractivity contribution in [3.05, 3.63) is 28.8 Å². The molecule has 0 radical (unpaired) electrons. The van der Waals surface area contributed by atoms with Crippen LogP contribution in [0.5, 0.6) is 0 Å². The monoisotopic (exact) mass is 402 g/mol. The standard InChI is InChI=1S/C18H18ClF3N2O3/c1-16-11(23)7-17(27-16)4-5-26-15-13(17)12(16)14(25)24(15)8-2-3-10(19)9(6-8)18(20,21)22/h2-3,6,11-13,15H,4-5,7,23H2,1H3/t11-,12+,13-,15-,16?,17?/m0/s1. The van der Waals surface area contributed by atoms with E-state index in [2.05, 4.69) is 0 Å². The predicted molar refractivity (Wildman–Crippen MR) is 90.1 cm³/mol. The van der Waals surface area contributed by atoms with E-state index in [0.717, 1.165) is 12.1 Å².